The molecule has 0 heterocycles. The van der Waals surface area contributed by atoms with Gasteiger partial charge in [0.05, 0.1) is 15.8 Å². The second-order valence-electron chi connectivity index (χ2n) is 8.06. The topological polar surface area (TPSA) is 49.4 Å². The minimum atomic E-state index is -0.592. The van der Waals surface area contributed by atoms with E-state index in [0.717, 1.165) is 11.1 Å². The quantitative estimate of drug-likeness (QED) is 0.325. The third-order valence-corrected chi connectivity index (χ3v) is 7.20. The average Bonchev–Trinajstić information content (AvgIpc) is 2.76. The summed E-state index contributed by atoms with van der Waals surface area (Å²) in [5.74, 6) is 0.769. The summed E-state index contributed by atoms with van der Waals surface area (Å²) in [5, 5.41) is 4.93. The van der Waals surface area contributed by atoms with Crippen LogP contribution < -0.4 is 5.32 Å². The molecule has 9 heteroatoms. The van der Waals surface area contributed by atoms with E-state index in [-0.39, 0.29) is 24.1 Å². The molecule has 0 aliphatic carbocycles. The number of carbonyl (C=O) groups is 2. The van der Waals surface area contributed by atoms with E-state index in [2.05, 4.69) is 5.32 Å². The Morgan fingerprint density at radius 2 is 1.73 bits per heavy atom. The van der Waals surface area contributed by atoms with Gasteiger partial charge in [-0.15, -0.1) is 11.8 Å². The van der Waals surface area contributed by atoms with Crippen molar-refractivity contribution in [3.63, 3.8) is 0 Å². The van der Waals surface area contributed by atoms with E-state index < -0.39 is 6.04 Å². The molecule has 0 saturated carbocycles. The van der Waals surface area contributed by atoms with Gasteiger partial charge in [0.2, 0.25) is 11.8 Å². The normalized spacial score (nSPS) is 12.0. The summed E-state index contributed by atoms with van der Waals surface area (Å²) >= 11 is 25.9. The Balaban J connectivity index is 2.17. The van der Waals surface area contributed by atoms with Gasteiger partial charge in [0.15, 0.2) is 0 Å². The maximum absolute atomic E-state index is 13.3. The first-order valence-corrected chi connectivity index (χ1v) is 13.3. The molecule has 0 saturated heterocycles. The van der Waals surface area contributed by atoms with Crippen LogP contribution in [0, 0.1) is 5.92 Å². The molecule has 33 heavy (non-hydrogen) atoms. The SMILES string of the molecule is CC[C@H](C(=O)NCC(C)C)N(Cc1ccc(Cl)c(Cl)c1)C(=O)CSCc1ccc(Cl)cc1Cl. The molecule has 0 unspecified atom stereocenters. The van der Waals surface area contributed by atoms with Crippen molar-refractivity contribution in [2.45, 2.75) is 45.5 Å². The zero-order valence-corrected chi connectivity index (χ0v) is 22.7. The lowest BCUT2D eigenvalue weighted by atomic mass is 10.1. The zero-order chi connectivity index (χ0) is 24.5. The van der Waals surface area contributed by atoms with Crippen LogP contribution in [0.2, 0.25) is 20.1 Å². The number of amides is 2. The molecular formula is C24H28Cl4N2O2S. The Morgan fingerprint density at radius 3 is 2.33 bits per heavy atom. The standard InChI is InChI=1S/C24H28Cl4N2O2S/c1-4-22(24(32)29-11-15(2)3)30(12-16-5-8-19(26)21(28)9-16)23(31)14-33-13-17-6-7-18(25)10-20(17)27/h5-10,15,22H,4,11-14H2,1-3H3,(H,29,32)/t22-/m1/s1. The Kier molecular flexibility index (Phi) is 11.7. The number of hydrogen-bond donors (Lipinski definition) is 1. The lowest BCUT2D eigenvalue weighted by Gasteiger charge is -2.31. The summed E-state index contributed by atoms with van der Waals surface area (Å²) in [5.41, 5.74) is 1.70. The fourth-order valence-electron chi connectivity index (χ4n) is 3.15. The second-order valence-corrected chi connectivity index (χ2v) is 10.7. The summed E-state index contributed by atoms with van der Waals surface area (Å²) in [4.78, 5) is 27.8. The van der Waals surface area contributed by atoms with Gasteiger partial charge in [-0.2, -0.15) is 0 Å². The number of halogens is 4. The van der Waals surface area contributed by atoms with E-state index in [1.54, 1.807) is 29.2 Å². The van der Waals surface area contributed by atoms with Crippen molar-refractivity contribution in [2.75, 3.05) is 12.3 Å². The molecule has 2 amide bonds. The van der Waals surface area contributed by atoms with Crippen molar-refractivity contribution >= 4 is 70.0 Å². The number of thioether (sulfide) groups is 1. The maximum atomic E-state index is 13.3. The predicted octanol–water partition coefficient (Wildman–Crippen LogP) is 7.11. The molecule has 0 radical (unpaired) electrons. The summed E-state index contributed by atoms with van der Waals surface area (Å²) in [6.45, 7) is 6.76. The first-order chi connectivity index (χ1) is 15.6. The number of hydrogen-bond acceptors (Lipinski definition) is 3. The zero-order valence-electron chi connectivity index (χ0n) is 18.8. The van der Waals surface area contributed by atoms with Crippen molar-refractivity contribution in [3.05, 3.63) is 67.6 Å². The smallest absolute Gasteiger partial charge is 0.242 e. The molecular weight excluding hydrogens is 522 g/mol. The van der Waals surface area contributed by atoms with Crippen LogP contribution in [-0.2, 0) is 21.9 Å². The van der Waals surface area contributed by atoms with E-state index in [4.69, 9.17) is 46.4 Å². The molecule has 2 aromatic rings. The van der Waals surface area contributed by atoms with Gasteiger partial charge in [0, 0.05) is 28.9 Å². The molecule has 0 spiro atoms. The van der Waals surface area contributed by atoms with Crippen LogP contribution in [0.5, 0.6) is 0 Å². The first-order valence-electron chi connectivity index (χ1n) is 10.6. The third-order valence-electron chi connectivity index (χ3n) is 4.91. The molecule has 0 aromatic heterocycles. The van der Waals surface area contributed by atoms with E-state index in [1.165, 1.54) is 11.8 Å². The summed E-state index contributed by atoms with van der Waals surface area (Å²) in [7, 11) is 0. The number of benzene rings is 2. The van der Waals surface area contributed by atoms with Crippen molar-refractivity contribution in [3.8, 4) is 0 Å². The number of carbonyl (C=O) groups excluding carboxylic acids is 2. The molecule has 1 atom stereocenters. The summed E-state index contributed by atoms with van der Waals surface area (Å²) < 4.78 is 0. The van der Waals surface area contributed by atoms with Gasteiger partial charge in [-0.05, 0) is 47.7 Å². The van der Waals surface area contributed by atoms with Crippen LogP contribution in [0.1, 0.15) is 38.3 Å². The number of nitrogens with zero attached hydrogens (tertiary/aromatic N) is 1. The average molecular weight is 550 g/mol. The third kappa shape index (κ3) is 8.88. The summed E-state index contributed by atoms with van der Waals surface area (Å²) in [6, 6.07) is 9.95. The van der Waals surface area contributed by atoms with Gasteiger partial charge in [-0.3, -0.25) is 9.59 Å². The fourth-order valence-corrected chi connectivity index (χ4v) is 4.94. The number of nitrogens with one attached hydrogen (secondary N) is 1. The molecule has 0 aliphatic heterocycles. The highest BCUT2D eigenvalue weighted by Crippen LogP contribution is 2.26. The van der Waals surface area contributed by atoms with Gasteiger partial charge < -0.3 is 10.2 Å². The molecule has 0 fully saturated rings. The molecule has 180 valence electrons. The second kappa shape index (κ2) is 13.7. The lowest BCUT2D eigenvalue weighted by Crippen LogP contribution is -2.50. The maximum Gasteiger partial charge on any atom is 0.242 e. The molecule has 4 nitrogen and oxygen atoms in total. The molecule has 2 aromatic carbocycles. The predicted molar refractivity (Wildman–Crippen MR) is 142 cm³/mol. The molecule has 1 N–H and O–H groups in total. The van der Waals surface area contributed by atoms with Crippen molar-refractivity contribution in [1.82, 2.24) is 10.2 Å². The molecule has 0 bridgehead atoms. The van der Waals surface area contributed by atoms with Gasteiger partial charge in [-0.1, -0.05) is 79.3 Å². The fraction of sp³-hybridized carbons (Fsp3) is 0.417. The van der Waals surface area contributed by atoms with Crippen molar-refractivity contribution in [2.24, 2.45) is 5.92 Å². The van der Waals surface area contributed by atoms with E-state index >= 15 is 0 Å². The van der Waals surface area contributed by atoms with Crippen LogP contribution in [0.25, 0.3) is 0 Å². The van der Waals surface area contributed by atoms with E-state index in [1.807, 2.05) is 32.9 Å². The van der Waals surface area contributed by atoms with Gasteiger partial charge >= 0.3 is 0 Å². The Hall–Kier alpha value is -1.11. The summed E-state index contributed by atoms with van der Waals surface area (Å²) in [6.07, 6.45) is 0.491. The van der Waals surface area contributed by atoms with Crippen molar-refractivity contribution in [1.29, 1.82) is 0 Å². The molecule has 0 aliphatic rings. The minimum absolute atomic E-state index is 0.136. The van der Waals surface area contributed by atoms with Gasteiger partial charge in [0.25, 0.3) is 0 Å². The van der Waals surface area contributed by atoms with E-state index in [0.29, 0.717) is 44.7 Å². The highest BCUT2D eigenvalue weighted by atomic mass is 35.5. The monoisotopic (exact) mass is 548 g/mol. The van der Waals surface area contributed by atoms with Crippen LogP contribution in [0.15, 0.2) is 36.4 Å². The van der Waals surface area contributed by atoms with Gasteiger partial charge in [-0.25, -0.2) is 0 Å². The molecule has 2 rings (SSSR count). The largest absolute Gasteiger partial charge is 0.354 e. The van der Waals surface area contributed by atoms with Gasteiger partial charge in [0.1, 0.15) is 6.04 Å². The van der Waals surface area contributed by atoms with Crippen LogP contribution in [-0.4, -0.2) is 35.1 Å². The highest BCUT2D eigenvalue weighted by Gasteiger charge is 2.28. The van der Waals surface area contributed by atoms with Crippen LogP contribution >= 0.6 is 58.2 Å². The van der Waals surface area contributed by atoms with Crippen molar-refractivity contribution < 1.29 is 9.59 Å². The minimum Gasteiger partial charge on any atom is -0.354 e. The lowest BCUT2D eigenvalue weighted by molar-refractivity contribution is -0.139. The van der Waals surface area contributed by atoms with Crippen LogP contribution in [0.4, 0.5) is 0 Å². The van der Waals surface area contributed by atoms with E-state index in [9.17, 15) is 9.59 Å². The Labute approximate surface area is 220 Å². The first kappa shape index (κ1) is 28.1. The van der Waals surface area contributed by atoms with Crippen LogP contribution in [0.3, 0.4) is 0 Å². The Morgan fingerprint density at radius 1 is 1.00 bits per heavy atom. The highest BCUT2D eigenvalue weighted by molar-refractivity contribution is 7.99. The number of rotatable bonds is 11. The Bertz CT molecular complexity index is 971.